The van der Waals surface area contributed by atoms with Crippen LogP contribution < -0.4 is 5.69 Å². The molecule has 2 N–H and O–H groups in total. The van der Waals surface area contributed by atoms with E-state index in [4.69, 9.17) is 5.11 Å². The number of nitrogens with one attached hydrogen (secondary N) is 1. The fourth-order valence-electron chi connectivity index (χ4n) is 1.76. The van der Waals surface area contributed by atoms with E-state index in [9.17, 15) is 9.59 Å². The van der Waals surface area contributed by atoms with Crippen molar-refractivity contribution in [2.24, 2.45) is 0 Å². The molecule has 7 nitrogen and oxygen atoms in total. The van der Waals surface area contributed by atoms with Gasteiger partial charge in [0.15, 0.2) is 5.16 Å². The number of nitrogens with zero attached hydrogens (tertiary/aromatic N) is 3. The smallest absolute Gasteiger partial charge is 0.344 e. The number of H-pyrrole nitrogens is 1. The molecular formula is C12H14N4O3S. The van der Waals surface area contributed by atoms with Crippen molar-refractivity contribution in [1.29, 1.82) is 0 Å². The van der Waals surface area contributed by atoms with Crippen LogP contribution in [0.4, 0.5) is 0 Å². The lowest BCUT2D eigenvalue weighted by Crippen LogP contribution is -2.20. The van der Waals surface area contributed by atoms with Crippen LogP contribution in [0.15, 0.2) is 28.3 Å². The molecule has 0 fully saturated rings. The number of aromatic nitrogens is 4. The molecule has 2 rings (SSSR count). The zero-order valence-electron chi connectivity index (χ0n) is 10.9. The van der Waals surface area contributed by atoms with Gasteiger partial charge in [0.05, 0.1) is 18.0 Å². The van der Waals surface area contributed by atoms with Crippen molar-refractivity contribution in [2.45, 2.75) is 25.0 Å². The molecule has 8 heteroatoms. The van der Waals surface area contributed by atoms with Crippen LogP contribution in [0.3, 0.4) is 0 Å². The van der Waals surface area contributed by atoms with Gasteiger partial charge >= 0.3 is 11.7 Å². The summed E-state index contributed by atoms with van der Waals surface area (Å²) in [5.41, 5.74) is 1.47. The second kappa shape index (κ2) is 6.38. The minimum Gasteiger partial charge on any atom is -0.481 e. The number of hydrogen-bond donors (Lipinski definition) is 2. The zero-order valence-corrected chi connectivity index (χ0v) is 11.7. The lowest BCUT2D eigenvalue weighted by atomic mass is 10.1. The van der Waals surface area contributed by atoms with Gasteiger partial charge in [0.25, 0.3) is 0 Å². The Bertz CT molecular complexity index is 665. The number of carbonyl (C=O) groups is 1. The normalized spacial score (nSPS) is 10.7. The van der Waals surface area contributed by atoms with Crippen molar-refractivity contribution in [1.82, 2.24) is 19.7 Å². The van der Waals surface area contributed by atoms with Crippen LogP contribution in [-0.4, -0.2) is 36.6 Å². The number of thioether (sulfide) groups is 1. The lowest BCUT2D eigenvalue weighted by Gasteiger charge is -2.08. The fourth-order valence-corrected chi connectivity index (χ4v) is 2.43. The number of hydrogen-bond acceptors (Lipinski definition) is 5. The van der Waals surface area contributed by atoms with Crippen LogP contribution in [0.2, 0.25) is 0 Å². The third-order valence-corrected chi connectivity index (χ3v) is 3.68. The van der Waals surface area contributed by atoms with Gasteiger partial charge in [0.1, 0.15) is 0 Å². The molecule has 0 radical (unpaired) electrons. The van der Waals surface area contributed by atoms with E-state index in [1.54, 1.807) is 6.20 Å². The fraction of sp³-hybridized carbons (Fsp3) is 0.333. The number of aliphatic carboxylic acids is 1. The van der Waals surface area contributed by atoms with Crippen LogP contribution in [0.25, 0.3) is 0 Å². The molecule has 0 bridgehead atoms. The number of aryl methyl sites for hydroxylation is 1. The van der Waals surface area contributed by atoms with Crippen LogP contribution >= 0.6 is 11.8 Å². The third-order valence-electron chi connectivity index (χ3n) is 2.72. The Morgan fingerprint density at radius 2 is 2.35 bits per heavy atom. The Morgan fingerprint density at radius 1 is 1.55 bits per heavy atom. The first-order chi connectivity index (χ1) is 9.61. The van der Waals surface area contributed by atoms with Crippen LogP contribution in [0, 0.1) is 0 Å². The Morgan fingerprint density at radius 3 is 3.05 bits per heavy atom. The van der Waals surface area contributed by atoms with Crippen molar-refractivity contribution in [3.05, 3.63) is 40.1 Å². The van der Waals surface area contributed by atoms with Gasteiger partial charge in [-0.05, 0) is 18.1 Å². The van der Waals surface area contributed by atoms with Gasteiger partial charge in [0, 0.05) is 6.20 Å². The van der Waals surface area contributed by atoms with Gasteiger partial charge in [-0.1, -0.05) is 24.8 Å². The van der Waals surface area contributed by atoms with Gasteiger partial charge in [0.2, 0.25) is 0 Å². The Hall–Kier alpha value is -2.09. The van der Waals surface area contributed by atoms with Crippen molar-refractivity contribution < 1.29 is 9.90 Å². The number of rotatable bonds is 6. The van der Waals surface area contributed by atoms with Gasteiger partial charge in [-0.15, -0.1) is 5.10 Å². The van der Waals surface area contributed by atoms with E-state index in [2.05, 4.69) is 15.2 Å². The Labute approximate surface area is 119 Å². The summed E-state index contributed by atoms with van der Waals surface area (Å²) < 4.78 is 1.40. The van der Waals surface area contributed by atoms with Gasteiger partial charge in [-0.3, -0.25) is 14.3 Å². The molecule has 0 saturated heterocycles. The van der Waals surface area contributed by atoms with Gasteiger partial charge < -0.3 is 5.11 Å². The average Bonchev–Trinajstić information content (AvgIpc) is 2.78. The minimum absolute atomic E-state index is 0.146. The molecule has 0 aliphatic carbocycles. The molecular weight excluding hydrogens is 280 g/mol. The standard InChI is InChI=1S/C12H14N4O3S/c1-2-8-4-3-5-13-9(8)6-16-11(19)14-15-12(16)20-7-10(17)18/h3-5H,2,6-7H2,1H3,(H,14,19)(H,17,18). The molecule has 2 aromatic rings. The summed E-state index contributed by atoms with van der Waals surface area (Å²) in [5.74, 6) is -1.10. The maximum Gasteiger partial charge on any atom is 0.344 e. The molecule has 0 aliphatic heterocycles. The highest BCUT2D eigenvalue weighted by Gasteiger charge is 2.13. The second-order valence-electron chi connectivity index (χ2n) is 4.04. The predicted octanol–water partition coefficient (Wildman–Crippen LogP) is 0.754. The predicted molar refractivity (Wildman–Crippen MR) is 73.9 cm³/mol. The largest absolute Gasteiger partial charge is 0.481 e. The van der Waals surface area contributed by atoms with Crippen molar-refractivity contribution in [3.8, 4) is 0 Å². The topological polar surface area (TPSA) is 101 Å². The second-order valence-corrected chi connectivity index (χ2v) is 4.99. The Kier molecular flexibility index (Phi) is 4.57. The summed E-state index contributed by atoms with van der Waals surface area (Å²) in [6, 6.07) is 3.80. The summed E-state index contributed by atoms with van der Waals surface area (Å²) in [5, 5.41) is 15.2. The van der Waals surface area contributed by atoms with E-state index in [-0.39, 0.29) is 18.0 Å². The van der Waals surface area contributed by atoms with E-state index < -0.39 is 5.97 Å². The quantitative estimate of drug-likeness (QED) is 0.763. The molecule has 2 heterocycles. The summed E-state index contributed by atoms with van der Waals surface area (Å²) in [6.07, 6.45) is 2.48. The van der Waals surface area contributed by atoms with Crippen molar-refractivity contribution in [3.63, 3.8) is 0 Å². The van der Waals surface area contributed by atoms with Gasteiger partial charge in [-0.25, -0.2) is 9.89 Å². The molecule has 0 spiro atoms. The zero-order chi connectivity index (χ0) is 14.5. The minimum atomic E-state index is -0.955. The van der Waals surface area contributed by atoms with Crippen LogP contribution in [0.5, 0.6) is 0 Å². The first-order valence-corrected chi connectivity index (χ1v) is 7.03. The molecule has 0 atom stereocenters. The summed E-state index contributed by atoms with van der Waals surface area (Å²) in [6.45, 7) is 2.29. The average molecular weight is 294 g/mol. The number of carboxylic acids is 1. The van der Waals surface area contributed by atoms with E-state index in [0.717, 1.165) is 29.4 Å². The van der Waals surface area contributed by atoms with E-state index >= 15 is 0 Å². The first-order valence-electron chi connectivity index (χ1n) is 6.04. The number of carboxylic acid groups (broad SMARTS) is 1. The number of aromatic amines is 1. The highest BCUT2D eigenvalue weighted by molar-refractivity contribution is 7.99. The monoisotopic (exact) mass is 294 g/mol. The molecule has 20 heavy (non-hydrogen) atoms. The molecule has 0 saturated carbocycles. The van der Waals surface area contributed by atoms with Crippen LogP contribution in [-0.2, 0) is 17.8 Å². The van der Waals surface area contributed by atoms with Crippen molar-refractivity contribution in [2.75, 3.05) is 5.75 Å². The highest BCUT2D eigenvalue weighted by Crippen LogP contribution is 2.15. The summed E-state index contributed by atoms with van der Waals surface area (Å²) in [4.78, 5) is 26.6. The third kappa shape index (κ3) is 3.27. The molecule has 0 aliphatic rings. The molecule has 2 aromatic heterocycles. The van der Waals surface area contributed by atoms with E-state index in [1.807, 2.05) is 19.1 Å². The lowest BCUT2D eigenvalue weighted by molar-refractivity contribution is -0.133. The SMILES string of the molecule is CCc1cccnc1Cn1c(SCC(=O)O)n[nH]c1=O. The summed E-state index contributed by atoms with van der Waals surface area (Å²) in [7, 11) is 0. The Balaban J connectivity index is 2.26. The van der Waals surface area contributed by atoms with Gasteiger partial charge in [-0.2, -0.15) is 0 Å². The maximum atomic E-state index is 11.7. The molecule has 0 amide bonds. The maximum absolute atomic E-state index is 11.7. The van der Waals surface area contributed by atoms with E-state index in [1.165, 1.54) is 4.57 Å². The van der Waals surface area contributed by atoms with Crippen molar-refractivity contribution >= 4 is 17.7 Å². The number of pyridine rings is 1. The first kappa shape index (κ1) is 14.3. The van der Waals surface area contributed by atoms with E-state index in [0.29, 0.717) is 5.16 Å². The highest BCUT2D eigenvalue weighted by atomic mass is 32.2. The molecule has 106 valence electrons. The summed E-state index contributed by atoms with van der Waals surface area (Å²) >= 11 is 1.00. The molecule has 0 unspecified atom stereocenters. The molecule has 0 aromatic carbocycles. The van der Waals surface area contributed by atoms with Crippen LogP contribution in [0.1, 0.15) is 18.2 Å².